The highest BCUT2D eigenvalue weighted by atomic mass is 16.5. The summed E-state index contributed by atoms with van der Waals surface area (Å²) in [6.07, 6.45) is 0. The second kappa shape index (κ2) is 8.43. The van der Waals surface area contributed by atoms with Crippen molar-refractivity contribution in [3.63, 3.8) is 0 Å². The summed E-state index contributed by atoms with van der Waals surface area (Å²) in [6, 6.07) is 9.18. The third-order valence-electron chi connectivity index (χ3n) is 6.60. The van der Waals surface area contributed by atoms with Gasteiger partial charge in [-0.05, 0) is 70.5 Å². The summed E-state index contributed by atoms with van der Waals surface area (Å²) in [6.45, 7) is 12.7. The van der Waals surface area contributed by atoms with Crippen molar-refractivity contribution in [2.24, 2.45) is 0 Å². The van der Waals surface area contributed by atoms with Crippen molar-refractivity contribution in [2.75, 3.05) is 26.8 Å². The Labute approximate surface area is 194 Å². The van der Waals surface area contributed by atoms with Gasteiger partial charge in [0, 0.05) is 43.2 Å². The van der Waals surface area contributed by atoms with Crippen molar-refractivity contribution in [3.8, 4) is 17.0 Å². The SMILES string of the molecule is COCC(=O)N1CC(C)(C)N(Cc2cc(-c3ccc(O)cc3)nc3[nH]nc(C)c23)CC1(C)C. The molecule has 1 aliphatic heterocycles. The van der Waals surface area contributed by atoms with E-state index in [0.29, 0.717) is 13.1 Å². The largest absolute Gasteiger partial charge is 0.508 e. The van der Waals surface area contributed by atoms with Gasteiger partial charge in [0.2, 0.25) is 5.91 Å². The number of aromatic nitrogens is 3. The summed E-state index contributed by atoms with van der Waals surface area (Å²) < 4.78 is 5.12. The van der Waals surface area contributed by atoms with E-state index in [0.717, 1.165) is 40.1 Å². The number of methoxy groups -OCH3 is 1. The zero-order valence-corrected chi connectivity index (χ0v) is 20.3. The third-order valence-corrected chi connectivity index (χ3v) is 6.60. The maximum absolute atomic E-state index is 12.7. The van der Waals surface area contributed by atoms with Crippen LogP contribution in [-0.2, 0) is 16.1 Å². The first-order chi connectivity index (χ1) is 15.5. The number of aryl methyl sites for hydroxylation is 1. The number of hydrogen-bond acceptors (Lipinski definition) is 6. The lowest BCUT2D eigenvalue weighted by molar-refractivity contribution is -0.151. The Morgan fingerprint density at radius 3 is 2.52 bits per heavy atom. The smallest absolute Gasteiger partial charge is 0.249 e. The number of H-pyrrole nitrogens is 1. The predicted octanol–water partition coefficient (Wildman–Crippen LogP) is 3.49. The van der Waals surface area contributed by atoms with E-state index < -0.39 is 0 Å². The average molecular weight is 452 g/mol. The maximum atomic E-state index is 12.7. The molecular formula is C25H33N5O3. The molecule has 1 aliphatic rings. The van der Waals surface area contributed by atoms with E-state index in [1.807, 2.05) is 24.0 Å². The van der Waals surface area contributed by atoms with Crippen LogP contribution in [0.25, 0.3) is 22.3 Å². The van der Waals surface area contributed by atoms with E-state index in [-0.39, 0.29) is 29.3 Å². The summed E-state index contributed by atoms with van der Waals surface area (Å²) in [4.78, 5) is 21.9. The molecule has 33 heavy (non-hydrogen) atoms. The number of aromatic amines is 1. The lowest BCUT2D eigenvalue weighted by Crippen LogP contribution is -2.68. The van der Waals surface area contributed by atoms with Crippen LogP contribution >= 0.6 is 0 Å². The number of phenols is 1. The molecule has 1 amide bonds. The number of aromatic hydroxyl groups is 1. The molecule has 4 rings (SSSR count). The number of hydrogen-bond donors (Lipinski definition) is 2. The second-order valence-corrected chi connectivity index (χ2v) is 10.1. The number of carbonyl (C=O) groups excluding carboxylic acids is 1. The van der Waals surface area contributed by atoms with Crippen LogP contribution in [0.15, 0.2) is 30.3 Å². The number of ether oxygens (including phenoxy) is 1. The Balaban J connectivity index is 1.71. The van der Waals surface area contributed by atoms with Gasteiger partial charge in [0.1, 0.15) is 12.4 Å². The molecule has 0 saturated carbocycles. The minimum atomic E-state index is -0.331. The van der Waals surface area contributed by atoms with Crippen molar-refractivity contribution in [1.82, 2.24) is 25.0 Å². The topological polar surface area (TPSA) is 94.6 Å². The standard InChI is InChI=1S/C25H33N5O3/c1-16-22-18(11-20(26-23(22)28-27-16)17-7-9-19(31)10-8-17)12-29-14-25(4,5)30(15-24(29,2)3)21(32)13-33-6/h7-11,31H,12-15H2,1-6H3,(H,26,27,28). The van der Waals surface area contributed by atoms with Crippen LogP contribution in [-0.4, -0.2) is 73.9 Å². The van der Waals surface area contributed by atoms with E-state index >= 15 is 0 Å². The van der Waals surface area contributed by atoms with Crippen LogP contribution in [0.5, 0.6) is 5.75 Å². The molecule has 1 saturated heterocycles. The first kappa shape index (κ1) is 23.2. The molecule has 1 fully saturated rings. The van der Waals surface area contributed by atoms with Gasteiger partial charge in [0.05, 0.1) is 16.9 Å². The van der Waals surface area contributed by atoms with Gasteiger partial charge >= 0.3 is 0 Å². The van der Waals surface area contributed by atoms with Crippen LogP contribution in [0.4, 0.5) is 0 Å². The molecule has 2 N–H and O–H groups in total. The summed E-state index contributed by atoms with van der Waals surface area (Å²) in [5.41, 5.74) is 3.99. The number of fused-ring (bicyclic) bond motifs is 1. The fraction of sp³-hybridized carbons (Fsp3) is 0.480. The molecule has 0 bridgehead atoms. The summed E-state index contributed by atoms with van der Waals surface area (Å²) >= 11 is 0. The summed E-state index contributed by atoms with van der Waals surface area (Å²) in [7, 11) is 1.56. The van der Waals surface area contributed by atoms with Crippen LogP contribution in [0.3, 0.4) is 0 Å². The quantitative estimate of drug-likeness (QED) is 0.617. The zero-order valence-electron chi connectivity index (χ0n) is 20.3. The highest BCUT2D eigenvalue weighted by molar-refractivity contribution is 5.84. The lowest BCUT2D eigenvalue weighted by Gasteiger charge is -2.55. The number of carbonyl (C=O) groups is 1. The number of phenolic OH excluding ortho intramolecular Hbond substituents is 1. The Hall–Kier alpha value is -2.97. The zero-order chi connectivity index (χ0) is 24.0. The predicted molar refractivity (Wildman–Crippen MR) is 128 cm³/mol. The molecule has 0 radical (unpaired) electrons. The Kier molecular flexibility index (Phi) is 5.92. The van der Waals surface area contributed by atoms with Gasteiger partial charge in [0.25, 0.3) is 0 Å². The van der Waals surface area contributed by atoms with E-state index in [4.69, 9.17) is 9.72 Å². The molecule has 1 aromatic carbocycles. The Morgan fingerprint density at radius 2 is 1.85 bits per heavy atom. The minimum Gasteiger partial charge on any atom is -0.508 e. The van der Waals surface area contributed by atoms with Crippen molar-refractivity contribution in [3.05, 3.63) is 41.6 Å². The highest BCUT2D eigenvalue weighted by Gasteiger charge is 2.45. The molecule has 2 aromatic heterocycles. The number of nitrogens with one attached hydrogen (secondary N) is 1. The minimum absolute atomic E-state index is 0.0156. The Morgan fingerprint density at radius 1 is 1.15 bits per heavy atom. The monoisotopic (exact) mass is 451 g/mol. The van der Waals surface area contributed by atoms with Gasteiger partial charge in [-0.3, -0.25) is 14.8 Å². The average Bonchev–Trinajstić information content (AvgIpc) is 3.12. The summed E-state index contributed by atoms with van der Waals surface area (Å²) in [5.74, 6) is 0.240. The number of piperazine rings is 1. The van der Waals surface area contributed by atoms with Crippen LogP contribution in [0.1, 0.15) is 39.0 Å². The molecule has 0 unspecified atom stereocenters. The van der Waals surface area contributed by atoms with Crippen molar-refractivity contribution >= 4 is 16.9 Å². The molecule has 0 atom stereocenters. The maximum Gasteiger partial charge on any atom is 0.249 e. The summed E-state index contributed by atoms with van der Waals surface area (Å²) in [5, 5.41) is 18.2. The third kappa shape index (κ3) is 4.45. The molecule has 3 aromatic rings. The molecule has 8 heteroatoms. The van der Waals surface area contributed by atoms with Crippen molar-refractivity contribution in [2.45, 2.75) is 52.2 Å². The molecule has 0 spiro atoms. The molecular weight excluding hydrogens is 418 g/mol. The van der Waals surface area contributed by atoms with Gasteiger partial charge in [-0.15, -0.1) is 0 Å². The Bertz CT molecular complexity index is 1170. The second-order valence-electron chi connectivity index (χ2n) is 10.1. The van der Waals surface area contributed by atoms with Gasteiger partial charge in [-0.1, -0.05) is 0 Å². The first-order valence-corrected chi connectivity index (χ1v) is 11.2. The van der Waals surface area contributed by atoms with E-state index in [9.17, 15) is 9.90 Å². The number of nitrogens with zero attached hydrogens (tertiary/aromatic N) is 4. The van der Waals surface area contributed by atoms with Gasteiger partial charge in [0.15, 0.2) is 5.65 Å². The number of benzene rings is 1. The first-order valence-electron chi connectivity index (χ1n) is 11.2. The normalized spacial score (nSPS) is 18.1. The number of pyridine rings is 1. The van der Waals surface area contributed by atoms with Crippen LogP contribution < -0.4 is 0 Å². The highest BCUT2D eigenvalue weighted by Crippen LogP contribution is 2.34. The van der Waals surface area contributed by atoms with E-state index in [1.54, 1.807) is 19.2 Å². The molecule has 0 aliphatic carbocycles. The van der Waals surface area contributed by atoms with Crippen molar-refractivity contribution in [1.29, 1.82) is 0 Å². The molecule has 3 heterocycles. The lowest BCUT2D eigenvalue weighted by atomic mass is 9.88. The fourth-order valence-corrected chi connectivity index (χ4v) is 4.75. The van der Waals surface area contributed by atoms with Crippen LogP contribution in [0, 0.1) is 6.92 Å². The number of rotatable bonds is 5. The molecule has 176 valence electrons. The van der Waals surface area contributed by atoms with E-state index in [1.165, 1.54) is 0 Å². The molecule has 8 nitrogen and oxygen atoms in total. The van der Waals surface area contributed by atoms with Crippen molar-refractivity contribution < 1.29 is 14.6 Å². The number of amides is 1. The van der Waals surface area contributed by atoms with Crippen LogP contribution in [0.2, 0.25) is 0 Å². The van der Waals surface area contributed by atoms with E-state index in [2.05, 4.69) is 48.9 Å². The fourth-order valence-electron chi connectivity index (χ4n) is 4.75. The van der Waals surface area contributed by atoms with Gasteiger partial charge in [-0.25, -0.2) is 4.98 Å². The van der Waals surface area contributed by atoms with Gasteiger partial charge < -0.3 is 14.7 Å². The van der Waals surface area contributed by atoms with Gasteiger partial charge in [-0.2, -0.15) is 5.10 Å².